The number of nitrogens with one attached hydrogen (secondary N) is 2. The van der Waals surface area contributed by atoms with Gasteiger partial charge in [0.25, 0.3) is 5.91 Å². The van der Waals surface area contributed by atoms with Crippen molar-refractivity contribution in [3.8, 4) is 5.75 Å². The second-order valence-corrected chi connectivity index (χ2v) is 6.95. The highest BCUT2D eigenvalue weighted by Gasteiger charge is 2.16. The van der Waals surface area contributed by atoms with Crippen LogP contribution in [0.1, 0.15) is 15.9 Å². The second kappa shape index (κ2) is 6.88. The fraction of sp³-hybridized carbons (Fsp3) is 0.188. The van der Waals surface area contributed by atoms with Gasteiger partial charge in [-0.15, -0.1) is 0 Å². The maximum Gasteiger partial charge on any atom is 0.257 e. The summed E-state index contributed by atoms with van der Waals surface area (Å²) in [5, 5.41) is 2.61. The van der Waals surface area contributed by atoms with E-state index < -0.39 is 21.7 Å². The molecule has 6 nitrogen and oxygen atoms in total. The zero-order valence-corrected chi connectivity index (χ0v) is 14.2. The first-order valence-electron chi connectivity index (χ1n) is 6.93. The van der Waals surface area contributed by atoms with Crippen molar-refractivity contribution in [2.24, 2.45) is 0 Å². The van der Waals surface area contributed by atoms with Crippen molar-refractivity contribution in [2.45, 2.75) is 6.92 Å². The lowest BCUT2D eigenvalue weighted by Gasteiger charge is -2.12. The first-order chi connectivity index (χ1) is 11.2. The Labute approximate surface area is 139 Å². The fourth-order valence-corrected chi connectivity index (χ4v) is 2.73. The van der Waals surface area contributed by atoms with E-state index in [4.69, 9.17) is 4.74 Å². The Hall–Kier alpha value is -2.61. The van der Waals surface area contributed by atoms with E-state index in [1.54, 1.807) is 18.2 Å². The van der Waals surface area contributed by atoms with Gasteiger partial charge in [-0.2, -0.15) is 0 Å². The fourth-order valence-electron chi connectivity index (χ4n) is 2.15. The summed E-state index contributed by atoms with van der Waals surface area (Å²) in [7, 11) is -2.07. The molecule has 0 bridgehead atoms. The molecule has 1 amide bonds. The number of anilines is 2. The summed E-state index contributed by atoms with van der Waals surface area (Å²) >= 11 is 0. The minimum Gasteiger partial charge on any atom is -0.496 e. The Morgan fingerprint density at radius 3 is 2.46 bits per heavy atom. The van der Waals surface area contributed by atoms with Crippen LogP contribution in [0.2, 0.25) is 0 Å². The average Bonchev–Trinajstić information content (AvgIpc) is 2.48. The average molecular weight is 352 g/mol. The SMILES string of the molecule is COc1ccc(NC(=O)c2cc(F)ccc2NS(C)(=O)=O)cc1C. The zero-order valence-electron chi connectivity index (χ0n) is 13.4. The maximum absolute atomic E-state index is 13.5. The quantitative estimate of drug-likeness (QED) is 0.867. The van der Waals surface area contributed by atoms with E-state index in [0.717, 1.165) is 24.0 Å². The number of rotatable bonds is 5. The molecule has 0 atom stereocenters. The standard InChI is InChI=1S/C16H17FN2O4S/c1-10-8-12(5-7-15(10)23-2)18-16(20)13-9-11(17)4-6-14(13)19-24(3,21)22/h4-9,19H,1-3H3,(H,18,20). The van der Waals surface area contributed by atoms with Crippen LogP contribution in [0.15, 0.2) is 36.4 Å². The Kier molecular flexibility index (Phi) is 5.08. The van der Waals surface area contributed by atoms with E-state index in [1.165, 1.54) is 13.2 Å². The van der Waals surface area contributed by atoms with E-state index in [1.807, 2.05) is 6.92 Å². The van der Waals surface area contributed by atoms with Gasteiger partial charge in [-0.1, -0.05) is 0 Å². The van der Waals surface area contributed by atoms with Crippen molar-refractivity contribution in [3.63, 3.8) is 0 Å². The molecule has 0 aliphatic rings. The molecule has 0 unspecified atom stereocenters. The van der Waals surface area contributed by atoms with Gasteiger partial charge in [0, 0.05) is 5.69 Å². The topological polar surface area (TPSA) is 84.5 Å². The number of carbonyl (C=O) groups is 1. The highest BCUT2D eigenvalue weighted by atomic mass is 32.2. The van der Waals surface area contributed by atoms with Crippen molar-refractivity contribution in [2.75, 3.05) is 23.4 Å². The number of sulfonamides is 1. The Morgan fingerprint density at radius 1 is 1.17 bits per heavy atom. The Bertz CT molecular complexity index is 882. The van der Waals surface area contributed by atoms with Gasteiger partial charge in [-0.25, -0.2) is 12.8 Å². The van der Waals surface area contributed by atoms with Crippen LogP contribution in [-0.4, -0.2) is 27.7 Å². The number of benzene rings is 2. The summed E-state index contributed by atoms with van der Waals surface area (Å²) in [4.78, 5) is 12.4. The van der Waals surface area contributed by atoms with Crippen LogP contribution in [0.4, 0.5) is 15.8 Å². The van der Waals surface area contributed by atoms with Crippen molar-refractivity contribution >= 4 is 27.3 Å². The van der Waals surface area contributed by atoms with Gasteiger partial charge >= 0.3 is 0 Å². The summed E-state index contributed by atoms with van der Waals surface area (Å²) in [6, 6.07) is 8.25. The van der Waals surface area contributed by atoms with Crippen LogP contribution in [0.5, 0.6) is 5.75 Å². The lowest BCUT2D eigenvalue weighted by molar-refractivity contribution is 0.102. The maximum atomic E-state index is 13.5. The molecule has 0 aliphatic heterocycles. The highest BCUT2D eigenvalue weighted by molar-refractivity contribution is 7.92. The summed E-state index contributed by atoms with van der Waals surface area (Å²) in [5.41, 5.74) is 1.17. The summed E-state index contributed by atoms with van der Waals surface area (Å²) in [5.74, 6) is -0.617. The van der Waals surface area contributed by atoms with E-state index in [0.29, 0.717) is 11.4 Å². The van der Waals surface area contributed by atoms with Crippen molar-refractivity contribution in [1.29, 1.82) is 0 Å². The van der Waals surface area contributed by atoms with E-state index in [2.05, 4.69) is 10.0 Å². The largest absolute Gasteiger partial charge is 0.496 e. The lowest BCUT2D eigenvalue weighted by atomic mass is 10.1. The van der Waals surface area contributed by atoms with Gasteiger partial charge in [0.05, 0.1) is 24.6 Å². The minimum absolute atomic E-state index is 0.00151. The highest BCUT2D eigenvalue weighted by Crippen LogP contribution is 2.24. The predicted molar refractivity (Wildman–Crippen MR) is 90.6 cm³/mol. The number of halogens is 1. The molecule has 0 spiro atoms. The monoisotopic (exact) mass is 352 g/mol. The second-order valence-electron chi connectivity index (χ2n) is 5.20. The first-order valence-corrected chi connectivity index (χ1v) is 8.82. The zero-order chi connectivity index (χ0) is 17.9. The molecule has 2 rings (SSSR count). The van der Waals surface area contributed by atoms with E-state index >= 15 is 0 Å². The van der Waals surface area contributed by atoms with Gasteiger partial charge in [-0.3, -0.25) is 9.52 Å². The molecular weight excluding hydrogens is 335 g/mol. The molecular formula is C16H17FN2O4S. The van der Waals surface area contributed by atoms with Crippen LogP contribution in [0.25, 0.3) is 0 Å². The number of carbonyl (C=O) groups excluding carboxylic acids is 1. The molecule has 0 fully saturated rings. The molecule has 0 saturated carbocycles. The third kappa shape index (κ3) is 4.45. The normalized spacial score (nSPS) is 11.0. The number of hydrogen-bond donors (Lipinski definition) is 2. The van der Waals surface area contributed by atoms with E-state index in [9.17, 15) is 17.6 Å². The molecule has 2 N–H and O–H groups in total. The number of methoxy groups -OCH3 is 1. The van der Waals surface area contributed by atoms with E-state index in [-0.39, 0.29) is 11.3 Å². The van der Waals surface area contributed by atoms with Crippen LogP contribution in [-0.2, 0) is 10.0 Å². The number of hydrogen-bond acceptors (Lipinski definition) is 4. The number of ether oxygens (including phenoxy) is 1. The molecule has 8 heteroatoms. The molecule has 0 saturated heterocycles. The number of amides is 1. The molecule has 0 heterocycles. The molecule has 0 aromatic heterocycles. The molecule has 0 radical (unpaired) electrons. The summed E-state index contributed by atoms with van der Waals surface area (Å²) in [6.45, 7) is 1.81. The van der Waals surface area contributed by atoms with Gasteiger partial charge in [0.2, 0.25) is 10.0 Å². The predicted octanol–water partition coefficient (Wildman–Crippen LogP) is 2.77. The smallest absolute Gasteiger partial charge is 0.257 e. The van der Waals surface area contributed by atoms with Gasteiger partial charge < -0.3 is 10.1 Å². The first kappa shape index (κ1) is 17.7. The Balaban J connectivity index is 2.32. The minimum atomic E-state index is -3.60. The lowest BCUT2D eigenvalue weighted by Crippen LogP contribution is -2.18. The third-order valence-electron chi connectivity index (χ3n) is 3.17. The molecule has 2 aromatic rings. The van der Waals surface area contributed by atoms with Crippen LogP contribution in [0, 0.1) is 12.7 Å². The molecule has 128 valence electrons. The van der Waals surface area contributed by atoms with Crippen LogP contribution >= 0.6 is 0 Å². The van der Waals surface area contributed by atoms with Crippen LogP contribution < -0.4 is 14.8 Å². The molecule has 24 heavy (non-hydrogen) atoms. The van der Waals surface area contributed by atoms with Crippen molar-refractivity contribution < 1.29 is 22.3 Å². The van der Waals surface area contributed by atoms with Gasteiger partial charge in [0.15, 0.2) is 0 Å². The third-order valence-corrected chi connectivity index (χ3v) is 3.77. The van der Waals surface area contributed by atoms with Crippen molar-refractivity contribution in [1.82, 2.24) is 0 Å². The Morgan fingerprint density at radius 2 is 1.88 bits per heavy atom. The van der Waals surface area contributed by atoms with Crippen LogP contribution in [0.3, 0.4) is 0 Å². The molecule has 0 aliphatic carbocycles. The van der Waals surface area contributed by atoms with Gasteiger partial charge in [0.1, 0.15) is 11.6 Å². The molecule has 2 aromatic carbocycles. The van der Waals surface area contributed by atoms with Crippen molar-refractivity contribution in [3.05, 3.63) is 53.3 Å². The van der Waals surface area contributed by atoms with Gasteiger partial charge in [-0.05, 0) is 48.9 Å². The summed E-state index contributed by atoms with van der Waals surface area (Å²) < 4.78 is 43.6. The summed E-state index contributed by atoms with van der Waals surface area (Å²) in [6.07, 6.45) is 0.949. The number of aryl methyl sites for hydroxylation is 1.